The van der Waals surface area contributed by atoms with Gasteiger partial charge in [0.25, 0.3) is 0 Å². The lowest BCUT2D eigenvalue weighted by Crippen LogP contribution is -2.29. The maximum atomic E-state index is 11.5. The molecule has 0 spiro atoms. The van der Waals surface area contributed by atoms with E-state index in [0.717, 1.165) is 0 Å². The molecule has 0 heterocycles. The molecule has 0 unspecified atom stereocenters. The molecule has 0 saturated carbocycles. The number of rotatable bonds is 7. The van der Waals surface area contributed by atoms with Crippen molar-refractivity contribution in [2.24, 2.45) is 5.41 Å². The maximum absolute atomic E-state index is 11.5. The highest BCUT2D eigenvalue weighted by atomic mass is 32.2. The molecule has 0 atom stereocenters. The Hall–Kier alpha value is -0.620. The third-order valence-electron chi connectivity index (χ3n) is 2.01. The van der Waals surface area contributed by atoms with E-state index in [4.69, 9.17) is 5.11 Å². The van der Waals surface area contributed by atoms with Gasteiger partial charge in [0.15, 0.2) is 0 Å². The van der Waals surface area contributed by atoms with Crippen LogP contribution in [0.2, 0.25) is 0 Å². The van der Waals surface area contributed by atoms with E-state index in [-0.39, 0.29) is 24.1 Å². The average Bonchev–Trinajstić information content (AvgIpc) is 2.08. The lowest BCUT2D eigenvalue weighted by atomic mass is 9.94. The number of carboxylic acids is 1. The van der Waals surface area contributed by atoms with Gasteiger partial charge >= 0.3 is 5.97 Å². The second-order valence-electron chi connectivity index (χ2n) is 5.02. The van der Waals surface area contributed by atoms with Gasteiger partial charge in [0.05, 0.1) is 5.75 Å². The summed E-state index contributed by atoms with van der Waals surface area (Å²) >= 11 is 0. The van der Waals surface area contributed by atoms with E-state index in [2.05, 4.69) is 4.72 Å². The Bertz CT molecular complexity index is 316. The summed E-state index contributed by atoms with van der Waals surface area (Å²) < 4.78 is 25.3. The van der Waals surface area contributed by atoms with Crippen LogP contribution in [0.5, 0.6) is 0 Å². The van der Waals surface area contributed by atoms with Crippen molar-refractivity contribution in [3.8, 4) is 0 Å². The highest BCUT2D eigenvalue weighted by Gasteiger charge is 2.16. The Morgan fingerprint density at radius 1 is 1.31 bits per heavy atom. The number of nitrogens with one attached hydrogen (secondary N) is 1. The Labute approximate surface area is 97.3 Å². The molecular weight excluding hydrogens is 230 g/mol. The van der Waals surface area contributed by atoms with E-state index < -0.39 is 16.0 Å². The van der Waals surface area contributed by atoms with E-state index in [1.165, 1.54) is 0 Å². The molecule has 0 fully saturated rings. The number of carboxylic acid groups (broad SMARTS) is 1. The first-order valence-corrected chi connectivity index (χ1v) is 6.97. The molecule has 0 aliphatic carbocycles. The number of sulfonamides is 1. The second-order valence-corrected chi connectivity index (χ2v) is 6.95. The van der Waals surface area contributed by atoms with Crippen LogP contribution in [0.15, 0.2) is 0 Å². The van der Waals surface area contributed by atoms with E-state index in [1.807, 2.05) is 20.8 Å². The molecular formula is C10H21NO4S. The molecule has 96 valence electrons. The highest BCUT2D eigenvalue weighted by Crippen LogP contribution is 2.18. The van der Waals surface area contributed by atoms with Crippen LogP contribution < -0.4 is 4.72 Å². The van der Waals surface area contributed by atoms with Crippen LogP contribution in [-0.4, -0.2) is 31.8 Å². The maximum Gasteiger partial charge on any atom is 0.303 e. The van der Waals surface area contributed by atoms with Crippen LogP contribution in [0.25, 0.3) is 0 Å². The van der Waals surface area contributed by atoms with Crippen LogP contribution in [0, 0.1) is 5.41 Å². The summed E-state index contributed by atoms with van der Waals surface area (Å²) in [6.07, 6.45) is 0.896. The minimum atomic E-state index is -3.26. The predicted octanol–water partition coefficient (Wildman–Crippen LogP) is 1.21. The zero-order chi connectivity index (χ0) is 12.8. The Morgan fingerprint density at radius 3 is 2.31 bits per heavy atom. The summed E-state index contributed by atoms with van der Waals surface area (Å²) in [4.78, 5) is 10.2. The van der Waals surface area contributed by atoms with Crippen LogP contribution in [0.3, 0.4) is 0 Å². The van der Waals surface area contributed by atoms with Crippen molar-refractivity contribution in [1.29, 1.82) is 0 Å². The van der Waals surface area contributed by atoms with Crippen molar-refractivity contribution in [2.45, 2.75) is 40.0 Å². The average molecular weight is 251 g/mol. The van der Waals surface area contributed by atoms with E-state index in [0.29, 0.717) is 12.8 Å². The first-order valence-electron chi connectivity index (χ1n) is 5.31. The van der Waals surface area contributed by atoms with E-state index in [1.54, 1.807) is 0 Å². The lowest BCUT2D eigenvalue weighted by Gasteiger charge is -2.17. The summed E-state index contributed by atoms with van der Waals surface area (Å²) in [5, 5.41) is 8.38. The van der Waals surface area contributed by atoms with Gasteiger partial charge in [-0.1, -0.05) is 20.8 Å². The van der Waals surface area contributed by atoms with Gasteiger partial charge in [0.2, 0.25) is 10.0 Å². The highest BCUT2D eigenvalue weighted by molar-refractivity contribution is 7.89. The van der Waals surface area contributed by atoms with E-state index >= 15 is 0 Å². The second kappa shape index (κ2) is 6.20. The lowest BCUT2D eigenvalue weighted by molar-refractivity contribution is -0.137. The van der Waals surface area contributed by atoms with Crippen LogP contribution in [-0.2, 0) is 14.8 Å². The third-order valence-corrected chi connectivity index (χ3v) is 3.40. The molecule has 0 aromatic heterocycles. The fourth-order valence-electron chi connectivity index (χ4n) is 0.980. The molecule has 16 heavy (non-hydrogen) atoms. The smallest absolute Gasteiger partial charge is 0.303 e. The van der Waals surface area contributed by atoms with Crippen molar-refractivity contribution in [3.05, 3.63) is 0 Å². The van der Waals surface area contributed by atoms with Crippen molar-refractivity contribution in [1.82, 2.24) is 4.72 Å². The summed E-state index contributed by atoms with van der Waals surface area (Å²) in [6.45, 7) is 6.13. The zero-order valence-electron chi connectivity index (χ0n) is 10.1. The summed E-state index contributed by atoms with van der Waals surface area (Å²) in [5.74, 6) is -0.822. The molecule has 0 aliphatic heterocycles. The molecule has 2 N–H and O–H groups in total. The van der Waals surface area contributed by atoms with Gasteiger partial charge in [0, 0.05) is 13.0 Å². The molecule has 0 bridgehead atoms. The van der Waals surface area contributed by atoms with Gasteiger partial charge in [0.1, 0.15) is 0 Å². The number of carbonyl (C=O) groups is 1. The molecule has 0 saturated heterocycles. The molecule has 0 radical (unpaired) electrons. The van der Waals surface area contributed by atoms with Gasteiger partial charge in [-0.25, -0.2) is 13.1 Å². The monoisotopic (exact) mass is 251 g/mol. The Balaban J connectivity index is 3.84. The van der Waals surface area contributed by atoms with Crippen LogP contribution >= 0.6 is 0 Å². The summed E-state index contributed by atoms with van der Waals surface area (Å²) in [6, 6.07) is 0. The van der Waals surface area contributed by atoms with Gasteiger partial charge in [-0.05, 0) is 18.3 Å². The van der Waals surface area contributed by atoms with Gasteiger partial charge in [-0.2, -0.15) is 0 Å². The Kier molecular flexibility index (Phi) is 5.96. The number of aliphatic carboxylic acids is 1. The minimum Gasteiger partial charge on any atom is -0.481 e. The van der Waals surface area contributed by atoms with E-state index in [9.17, 15) is 13.2 Å². The Morgan fingerprint density at radius 2 is 1.88 bits per heavy atom. The summed E-state index contributed by atoms with van der Waals surface area (Å²) in [7, 11) is -3.26. The molecule has 0 aromatic carbocycles. The van der Waals surface area contributed by atoms with Crippen LogP contribution in [0.1, 0.15) is 40.0 Å². The van der Waals surface area contributed by atoms with Crippen molar-refractivity contribution in [3.63, 3.8) is 0 Å². The zero-order valence-corrected chi connectivity index (χ0v) is 10.9. The van der Waals surface area contributed by atoms with Crippen molar-refractivity contribution >= 4 is 16.0 Å². The normalized spacial score (nSPS) is 12.7. The van der Waals surface area contributed by atoms with Gasteiger partial charge in [-0.3, -0.25) is 4.79 Å². The quantitative estimate of drug-likeness (QED) is 0.666. The molecule has 5 nitrogen and oxygen atoms in total. The van der Waals surface area contributed by atoms with Crippen molar-refractivity contribution < 1.29 is 18.3 Å². The number of hydrogen-bond donors (Lipinski definition) is 2. The first kappa shape index (κ1) is 15.4. The fourth-order valence-corrected chi connectivity index (χ4v) is 2.46. The molecule has 0 amide bonds. The first-order chi connectivity index (χ1) is 7.12. The van der Waals surface area contributed by atoms with Gasteiger partial charge < -0.3 is 5.11 Å². The molecule has 0 aromatic rings. The topological polar surface area (TPSA) is 83.5 Å². The minimum absolute atomic E-state index is 0.0121. The van der Waals surface area contributed by atoms with Crippen LogP contribution in [0.4, 0.5) is 0 Å². The molecule has 6 heteroatoms. The fraction of sp³-hybridized carbons (Fsp3) is 0.900. The predicted molar refractivity (Wildman–Crippen MR) is 62.7 cm³/mol. The molecule has 0 aliphatic rings. The largest absolute Gasteiger partial charge is 0.481 e. The molecule has 0 rings (SSSR count). The van der Waals surface area contributed by atoms with Crippen molar-refractivity contribution in [2.75, 3.05) is 12.3 Å². The summed E-state index contributed by atoms with van der Waals surface area (Å²) in [5.41, 5.74) is -0.0180. The third kappa shape index (κ3) is 9.92. The number of hydrogen-bond acceptors (Lipinski definition) is 3. The van der Waals surface area contributed by atoms with Gasteiger partial charge in [-0.15, -0.1) is 0 Å². The SMILES string of the molecule is CC(C)(C)CCS(=O)(=O)NCCCC(=O)O. The standard InChI is InChI=1S/C10H21NO4S/c1-10(2,3)6-8-16(14,15)11-7-4-5-9(12)13/h11H,4-8H2,1-3H3,(H,12,13).